The van der Waals surface area contributed by atoms with Crippen LogP contribution in [0.15, 0.2) is 30.6 Å². The van der Waals surface area contributed by atoms with Crippen LogP contribution < -0.4 is 5.32 Å². The van der Waals surface area contributed by atoms with E-state index in [9.17, 15) is 9.90 Å². The number of nitrogens with zero attached hydrogens (tertiary/aromatic N) is 2. The van der Waals surface area contributed by atoms with Crippen LogP contribution in [0.25, 0.3) is 0 Å². The quantitative estimate of drug-likeness (QED) is 0.805. The number of aromatic nitrogens is 2. The molecule has 1 aromatic heterocycles. The lowest BCUT2D eigenvalue weighted by Crippen LogP contribution is -2.11. The molecule has 0 saturated carbocycles. The molecular formula is C9H7N3O2S. The Balaban J connectivity index is 2.15. The summed E-state index contributed by atoms with van der Waals surface area (Å²) in [7, 11) is 0. The zero-order valence-corrected chi connectivity index (χ0v) is 8.36. The largest absolute Gasteiger partial charge is 0.508 e. The van der Waals surface area contributed by atoms with Crippen LogP contribution in [0.3, 0.4) is 0 Å². The van der Waals surface area contributed by atoms with E-state index in [2.05, 4.69) is 14.7 Å². The van der Waals surface area contributed by atoms with Crippen molar-refractivity contribution < 1.29 is 9.90 Å². The molecule has 0 unspecified atom stereocenters. The van der Waals surface area contributed by atoms with Crippen molar-refractivity contribution in [3.05, 3.63) is 36.2 Å². The maximum atomic E-state index is 11.6. The van der Waals surface area contributed by atoms with Crippen LogP contribution >= 0.6 is 11.5 Å². The number of benzene rings is 1. The second kappa shape index (κ2) is 4.05. The first-order valence-electron chi connectivity index (χ1n) is 4.13. The van der Waals surface area contributed by atoms with Gasteiger partial charge < -0.3 is 5.11 Å². The molecule has 1 aromatic carbocycles. The molecule has 0 saturated heterocycles. The summed E-state index contributed by atoms with van der Waals surface area (Å²) < 4.78 is 3.75. The number of anilines is 1. The number of amides is 1. The third kappa shape index (κ3) is 2.29. The number of carbonyl (C=O) groups is 1. The molecule has 5 nitrogen and oxygen atoms in total. The van der Waals surface area contributed by atoms with Crippen LogP contribution in [0, 0.1) is 0 Å². The van der Waals surface area contributed by atoms with Gasteiger partial charge in [0.2, 0.25) is 5.13 Å². The van der Waals surface area contributed by atoms with E-state index in [1.165, 1.54) is 18.5 Å². The van der Waals surface area contributed by atoms with Crippen LogP contribution in [0.4, 0.5) is 5.13 Å². The summed E-state index contributed by atoms with van der Waals surface area (Å²) in [5, 5.41) is 12.2. The molecule has 1 amide bonds. The summed E-state index contributed by atoms with van der Waals surface area (Å²) in [6.07, 6.45) is 1.36. The third-order valence-corrected chi connectivity index (χ3v) is 2.27. The van der Waals surface area contributed by atoms with Gasteiger partial charge in [0.05, 0.1) is 0 Å². The van der Waals surface area contributed by atoms with E-state index < -0.39 is 0 Å². The molecule has 2 rings (SSSR count). The summed E-state index contributed by atoms with van der Waals surface area (Å²) in [6, 6.07) is 6.10. The summed E-state index contributed by atoms with van der Waals surface area (Å²) in [4.78, 5) is 15.4. The summed E-state index contributed by atoms with van der Waals surface area (Å²) in [5.41, 5.74) is 0.380. The minimum absolute atomic E-state index is 0.0555. The number of hydrogen-bond acceptors (Lipinski definition) is 5. The van der Waals surface area contributed by atoms with Gasteiger partial charge >= 0.3 is 0 Å². The molecule has 0 spiro atoms. The van der Waals surface area contributed by atoms with Crippen molar-refractivity contribution in [2.24, 2.45) is 0 Å². The Morgan fingerprint density at radius 3 is 3.00 bits per heavy atom. The van der Waals surface area contributed by atoms with E-state index in [-0.39, 0.29) is 11.7 Å². The van der Waals surface area contributed by atoms with Crippen molar-refractivity contribution in [3.8, 4) is 5.75 Å². The average Bonchev–Trinajstić information content (AvgIpc) is 2.70. The number of phenolic OH excluding ortho intramolecular Hbond substituents is 1. The highest BCUT2D eigenvalue weighted by atomic mass is 32.1. The van der Waals surface area contributed by atoms with E-state index >= 15 is 0 Å². The molecule has 0 bridgehead atoms. The van der Waals surface area contributed by atoms with Gasteiger partial charge in [0.1, 0.15) is 12.1 Å². The highest BCUT2D eigenvalue weighted by Gasteiger charge is 2.07. The van der Waals surface area contributed by atoms with Crippen LogP contribution in [0.1, 0.15) is 10.4 Å². The molecule has 0 aliphatic carbocycles. The standard InChI is InChI=1S/C9H7N3O2S/c13-7-3-1-2-6(4-7)8(14)12-9-10-5-11-15-9/h1-5,13H,(H,10,11,12,14). The highest BCUT2D eigenvalue weighted by Crippen LogP contribution is 2.13. The molecule has 0 aliphatic heterocycles. The third-order valence-electron chi connectivity index (χ3n) is 1.69. The van der Waals surface area contributed by atoms with E-state index in [0.717, 1.165) is 11.5 Å². The normalized spacial score (nSPS) is 9.87. The second-order valence-corrected chi connectivity index (χ2v) is 3.53. The molecule has 2 N–H and O–H groups in total. The second-order valence-electron chi connectivity index (χ2n) is 2.75. The average molecular weight is 221 g/mol. The van der Waals surface area contributed by atoms with Crippen molar-refractivity contribution in [2.75, 3.05) is 5.32 Å². The fraction of sp³-hybridized carbons (Fsp3) is 0. The van der Waals surface area contributed by atoms with Gasteiger partial charge in [0.15, 0.2) is 0 Å². The Bertz CT molecular complexity index is 470. The van der Waals surface area contributed by atoms with Crippen LogP contribution in [0.5, 0.6) is 5.75 Å². The Kier molecular flexibility index (Phi) is 2.59. The highest BCUT2D eigenvalue weighted by molar-refractivity contribution is 7.09. The first-order valence-corrected chi connectivity index (χ1v) is 4.90. The molecule has 2 aromatic rings. The number of nitrogens with one attached hydrogen (secondary N) is 1. The lowest BCUT2D eigenvalue weighted by atomic mass is 10.2. The van der Waals surface area contributed by atoms with Gasteiger partial charge in [0, 0.05) is 17.1 Å². The Hall–Kier alpha value is -1.95. The molecule has 76 valence electrons. The van der Waals surface area contributed by atoms with Gasteiger partial charge in [-0.3, -0.25) is 10.1 Å². The van der Waals surface area contributed by atoms with Crippen LogP contribution in [0.2, 0.25) is 0 Å². The molecule has 0 fully saturated rings. The van der Waals surface area contributed by atoms with Crippen molar-refractivity contribution in [2.45, 2.75) is 0 Å². The number of hydrogen-bond donors (Lipinski definition) is 2. The predicted octanol–water partition coefficient (Wildman–Crippen LogP) is 1.50. The number of carbonyl (C=O) groups excluding carboxylic acids is 1. The smallest absolute Gasteiger partial charge is 0.257 e. The van der Waals surface area contributed by atoms with Crippen molar-refractivity contribution in [1.29, 1.82) is 0 Å². The first kappa shape index (κ1) is 9.60. The monoisotopic (exact) mass is 221 g/mol. The Morgan fingerprint density at radius 2 is 2.33 bits per heavy atom. The molecule has 1 heterocycles. The van der Waals surface area contributed by atoms with Gasteiger partial charge in [-0.15, -0.1) is 0 Å². The van der Waals surface area contributed by atoms with E-state index in [0.29, 0.717) is 10.7 Å². The minimum atomic E-state index is -0.317. The molecule has 0 aliphatic rings. The number of aromatic hydroxyl groups is 1. The molecule has 6 heteroatoms. The van der Waals surface area contributed by atoms with Crippen molar-refractivity contribution in [3.63, 3.8) is 0 Å². The Labute approximate surface area is 89.6 Å². The summed E-state index contributed by atoms with van der Waals surface area (Å²) in [5.74, 6) is -0.262. The van der Waals surface area contributed by atoms with Gasteiger partial charge in [-0.05, 0) is 18.2 Å². The fourth-order valence-electron chi connectivity index (χ4n) is 1.04. The topological polar surface area (TPSA) is 75.1 Å². The van der Waals surface area contributed by atoms with Crippen molar-refractivity contribution >= 4 is 22.6 Å². The number of phenols is 1. The SMILES string of the molecule is O=C(Nc1ncns1)c1cccc(O)c1. The Morgan fingerprint density at radius 1 is 1.47 bits per heavy atom. The van der Waals surface area contributed by atoms with Crippen LogP contribution in [-0.4, -0.2) is 20.4 Å². The molecule has 0 radical (unpaired) electrons. The van der Waals surface area contributed by atoms with Crippen molar-refractivity contribution in [1.82, 2.24) is 9.36 Å². The zero-order chi connectivity index (χ0) is 10.7. The minimum Gasteiger partial charge on any atom is -0.508 e. The maximum Gasteiger partial charge on any atom is 0.257 e. The van der Waals surface area contributed by atoms with Gasteiger partial charge in [-0.2, -0.15) is 4.37 Å². The van der Waals surface area contributed by atoms with Crippen LogP contribution in [-0.2, 0) is 0 Å². The van der Waals surface area contributed by atoms with E-state index in [4.69, 9.17) is 0 Å². The van der Waals surface area contributed by atoms with Gasteiger partial charge in [-0.1, -0.05) is 6.07 Å². The summed E-state index contributed by atoms with van der Waals surface area (Å²) in [6.45, 7) is 0. The first-order chi connectivity index (χ1) is 7.25. The fourth-order valence-corrected chi connectivity index (χ4v) is 1.47. The van der Waals surface area contributed by atoms with E-state index in [1.54, 1.807) is 12.1 Å². The molecular weight excluding hydrogens is 214 g/mol. The maximum absolute atomic E-state index is 11.6. The summed E-state index contributed by atoms with van der Waals surface area (Å²) >= 11 is 1.09. The molecule has 15 heavy (non-hydrogen) atoms. The van der Waals surface area contributed by atoms with Gasteiger partial charge in [-0.25, -0.2) is 4.98 Å². The lowest BCUT2D eigenvalue weighted by Gasteiger charge is -2.00. The lowest BCUT2D eigenvalue weighted by molar-refractivity contribution is 0.102. The van der Waals surface area contributed by atoms with E-state index in [1.807, 2.05) is 0 Å². The number of rotatable bonds is 2. The predicted molar refractivity (Wildman–Crippen MR) is 56.0 cm³/mol. The molecule has 0 atom stereocenters. The zero-order valence-electron chi connectivity index (χ0n) is 7.54. The van der Waals surface area contributed by atoms with Gasteiger partial charge in [0.25, 0.3) is 5.91 Å².